The molecule has 4 N–H and O–H groups in total. The minimum atomic E-state index is 0.687. The van der Waals surface area contributed by atoms with Crippen LogP contribution in [-0.4, -0.2) is 17.5 Å². The summed E-state index contributed by atoms with van der Waals surface area (Å²) in [5, 5.41) is 0. The zero-order valence-electron chi connectivity index (χ0n) is 6.76. The molecule has 0 atom stereocenters. The van der Waals surface area contributed by atoms with Gasteiger partial charge in [0.1, 0.15) is 0 Å². The Morgan fingerprint density at radius 2 is 2.08 bits per heavy atom. The van der Waals surface area contributed by atoms with Gasteiger partial charge in [0, 0.05) is 12.2 Å². The van der Waals surface area contributed by atoms with Crippen LogP contribution in [0.1, 0.15) is 12.8 Å². The van der Waals surface area contributed by atoms with Crippen LogP contribution in [0, 0.1) is 0 Å². The maximum absolute atomic E-state index is 5.77. The Balaban J connectivity index is 2.17. The number of allylic oxidation sites excluding steroid dienone is 1. The summed E-state index contributed by atoms with van der Waals surface area (Å²) in [4.78, 5) is 2.25. The Labute approximate surface area is 80.2 Å². The second-order valence-corrected chi connectivity index (χ2v) is 4.17. The van der Waals surface area contributed by atoms with Crippen molar-refractivity contribution in [1.82, 2.24) is 4.90 Å². The molecule has 0 aromatic heterocycles. The van der Waals surface area contributed by atoms with E-state index >= 15 is 0 Å². The molecule has 4 heteroatoms. The molecule has 66 valence electrons. The van der Waals surface area contributed by atoms with Gasteiger partial charge >= 0.3 is 0 Å². The molecule has 0 bridgehead atoms. The Kier molecular flexibility index (Phi) is 1.79. The van der Waals surface area contributed by atoms with E-state index in [9.17, 15) is 0 Å². The van der Waals surface area contributed by atoms with Gasteiger partial charge in [-0.1, -0.05) is 0 Å². The third-order valence-corrected chi connectivity index (χ3v) is 2.88. The molecule has 0 radical (unpaired) electrons. The lowest BCUT2D eigenvalue weighted by Crippen LogP contribution is -2.31. The Morgan fingerprint density at radius 3 is 2.58 bits per heavy atom. The number of nitrogens with zero attached hydrogens (tertiary/aromatic N) is 1. The van der Waals surface area contributed by atoms with Crippen molar-refractivity contribution < 1.29 is 0 Å². The van der Waals surface area contributed by atoms with Gasteiger partial charge in [0.2, 0.25) is 0 Å². The first-order chi connectivity index (χ1) is 5.68. The van der Waals surface area contributed by atoms with Crippen molar-refractivity contribution in [2.45, 2.75) is 18.9 Å². The largest absolute Gasteiger partial charge is 0.399 e. The maximum atomic E-state index is 5.77. The number of nitrogens with two attached hydrogens (primary N) is 2. The number of rotatable bonds is 1. The fraction of sp³-hybridized carbons (Fsp3) is 0.500. The number of hydrogen-bond donors (Lipinski definition) is 2. The van der Waals surface area contributed by atoms with Crippen LogP contribution in [-0.2, 0) is 0 Å². The van der Waals surface area contributed by atoms with E-state index in [0.29, 0.717) is 11.7 Å². The van der Waals surface area contributed by atoms with E-state index in [1.807, 2.05) is 6.20 Å². The lowest BCUT2D eigenvalue weighted by atomic mass is 10.2. The molecular weight excluding hydrogens is 218 g/mol. The minimum Gasteiger partial charge on any atom is -0.399 e. The molecule has 1 heterocycles. The predicted octanol–water partition coefficient (Wildman–Crippen LogP) is 0.830. The fourth-order valence-corrected chi connectivity index (χ4v) is 1.85. The topological polar surface area (TPSA) is 55.3 Å². The summed E-state index contributed by atoms with van der Waals surface area (Å²) in [7, 11) is 0. The molecule has 0 aromatic carbocycles. The van der Waals surface area contributed by atoms with Crippen molar-refractivity contribution >= 4 is 15.9 Å². The second kappa shape index (κ2) is 2.69. The van der Waals surface area contributed by atoms with Gasteiger partial charge in [-0.05, 0) is 28.8 Å². The van der Waals surface area contributed by atoms with Crippen molar-refractivity contribution in [2.24, 2.45) is 11.5 Å². The van der Waals surface area contributed by atoms with Crippen molar-refractivity contribution in [1.29, 1.82) is 0 Å². The lowest BCUT2D eigenvalue weighted by Gasteiger charge is -2.25. The van der Waals surface area contributed by atoms with E-state index in [0.717, 1.165) is 16.7 Å². The molecule has 2 rings (SSSR count). The molecule has 1 aliphatic carbocycles. The van der Waals surface area contributed by atoms with Crippen LogP contribution in [0.5, 0.6) is 0 Å². The molecule has 0 aromatic rings. The average molecular weight is 230 g/mol. The van der Waals surface area contributed by atoms with Crippen LogP contribution in [0.25, 0.3) is 0 Å². The Bertz CT molecular complexity index is 265. The highest BCUT2D eigenvalue weighted by Crippen LogP contribution is 2.31. The molecule has 0 spiro atoms. The van der Waals surface area contributed by atoms with Crippen molar-refractivity contribution in [3.8, 4) is 0 Å². The molecule has 12 heavy (non-hydrogen) atoms. The summed E-state index contributed by atoms with van der Waals surface area (Å²) in [6, 6.07) is 0.698. The van der Waals surface area contributed by atoms with Crippen molar-refractivity contribution in [3.05, 3.63) is 22.1 Å². The van der Waals surface area contributed by atoms with Gasteiger partial charge in [0.15, 0.2) is 0 Å². The zero-order valence-corrected chi connectivity index (χ0v) is 8.34. The molecule has 1 aliphatic heterocycles. The maximum Gasteiger partial charge on any atom is 0.0682 e. The van der Waals surface area contributed by atoms with Crippen LogP contribution in [0.2, 0.25) is 0 Å². The molecule has 0 saturated heterocycles. The van der Waals surface area contributed by atoms with E-state index in [4.69, 9.17) is 11.5 Å². The molecule has 0 unspecified atom stereocenters. The standard InChI is InChI=1S/C8H12BrN3/c9-6-3-12(5-1-2-5)4-7(10)8(6)11/h3,5H,1-2,4,10-11H2. The van der Waals surface area contributed by atoms with Crippen molar-refractivity contribution in [2.75, 3.05) is 6.54 Å². The fourth-order valence-electron chi connectivity index (χ4n) is 1.34. The smallest absolute Gasteiger partial charge is 0.0682 e. The third-order valence-electron chi connectivity index (χ3n) is 2.25. The van der Waals surface area contributed by atoms with Gasteiger partial charge in [-0.3, -0.25) is 0 Å². The monoisotopic (exact) mass is 229 g/mol. The first kappa shape index (κ1) is 7.98. The van der Waals surface area contributed by atoms with Crippen LogP contribution >= 0.6 is 15.9 Å². The van der Waals surface area contributed by atoms with E-state index in [2.05, 4.69) is 20.8 Å². The van der Waals surface area contributed by atoms with Gasteiger partial charge in [-0.2, -0.15) is 0 Å². The number of hydrogen-bond acceptors (Lipinski definition) is 3. The lowest BCUT2D eigenvalue weighted by molar-refractivity contribution is 0.387. The highest BCUT2D eigenvalue weighted by Gasteiger charge is 2.29. The van der Waals surface area contributed by atoms with Crippen LogP contribution in [0.4, 0.5) is 0 Å². The first-order valence-electron chi connectivity index (χ1n) is 4.06. The first-order valence-corrected chi connectivity index (χ1v) is 4.85. The summed E-state index contributed by atoms with van der Waals surface area (Å²) < 4.78 is 0.915. The summed E-state index contributed by atoms with van der Waals surface area (Å²) in [6.45, 7) is 0.783. The van der Waals surface area contributed by atoms with E-state index in [1.165, 1.54) is 12.8 Å². The Morgan fingerprint density at radius 1 is 1.42 bits per heavy atom. The van der Waals surface area contributed by atoms with Crippen LogP contribution in [0.3, 0.4) is 0 Å². The summed E-state index contributed by atoms with van der Waals surface area (Å²) in [5.74, 6) is 0. The average Bonchev–Trinajstić information content (AvgIpc) is 2.81. The molecule has 2 aliphatic rings. The summed E-state index contributed by atoms with van der Waals surface area (Å²) in [5.41, 5.74) is 12.9. The van der Waals surface area contributed by atoms with E-state index < -0.39 is 0 Å². The van der Waals surface area contributed by atoms with Crippen molar-refractivity contribution in [3.63, 3.8) is 0 Å². The molecule has 0 amide bonds. The normalized spacial score (nSPS) is 24.4. The highest BCUT2D eigenvalue weighted by atomic mass is 79.9. The van der Waals surface area contributed by atoms with Gasteiger partial charge in [0.25, 0.3) is 0 Å². The van der Waals surface area contributed by atoms with Crippen LogP contribution < -0.4 is 11.5 Å². The zero-order chi connectivity index (χ0) is 8.72. The van der Waals surface area contributed by atoms with E-state index in [-0.39, 0.29) is 0 Å². The summed E-state index contributed by atoms with van der Waals surface area (Å²) >= 11 is 3.39. The van der Waals surface area contributed by atoms with Gasteiger partial charge < -0.3 is 16.4 Å². The third kappa shape index (κ3) is 1.31. The molecular formula is C8H12BrN3. The quantitative estimate of drug-likeness (QED) is 0.701. The summed E-state index contributed by atoms with van der Waals surface area (Å²) in [6.07, 6.45) is 4.61. The van der Waals surface area contributed by atoms with Gasteiger partial charge in [-0.25, -0.2) is 0 Å². The SMILES string of the molecule is NC1=C(N)C(Br)=CN(C2CC2)C1. The van der Waals surface area contributed by atoms with Gasteiger partial charge in [-0.15, -0.1) is 0 Å². The van der Waals surface area contributed by atoms with E-state index in [1.54, 1.807) is 0 Å². The molecule has 1 fully saturated rings. The number of halogens is 1. The predicted molar refractivity (Wildman–Crippen MR) is 52.1 cm³/mol. The molecule has 3 nitrogen and oxygen atoms in total. The second-order valence-electron chi connectivity index (χ2n) is 3.32. The Hall–Kier alpha value is -0.640. The highest BCUT2D eigenvalue weighted by molar-refractivity contribution is 9.12. The van der Waals surface area contributed by atoms with Gasteiger partial charge in [0.05, 0.1) is 22.4 Å². The molecule has 1 saturated carbocycles. The van der Waals surface area contributed by atoms with Crippen LogP contribution in [0.15, 0.2) is 22.1 Å². The minimum absolute atomic E-state index is 0.687.